The van der Waals surface area contributed by atoms with Crippen molar-refractivity contribution < 1.29 is 13.2 Å². The van der Waals surface area contributed by atoms with Crippen molar-refractivity contribution in [2.75, 3.05) is 39.8 Å². The molecule has 3 aliphatic heterocycles. The molecule has 0 aromatic carbocycles. The van der Waals surface area contributed by atoms with E-state index in [0.717, 1.165) is 19.6 Å². The Bertz CT molecular complexity index is 857. The van der Waals surface area contributed by atoms with Crippen LogP contribution in [0.5, 0.6) is 0 Å². The van der Waals surface area contributed by atoms with Gasteiger partial charge in [0.1, 0.15) is 0 Å². The van der Waals surface area contributed by atoms with E-state index in [1.54, 1.807) is 17.8 Å². The van der Waals surface area contributed by atoms with Gasteiger partial charge in [-0.25, -0.2) is 13.4 Å². The molecule has 8 nitrogen and oxygen atoms in total. The van der Waals surface area contributed by atoms with Crippen molar-refractivity contribution >= 4 is 15.9 Å². The summed E-state index contributed by atoms with van der Waals surface area (Å²) in [5, 5.41) is 0.101. The molecular formula is C19H31N5O3S. The molecule has 0 aliphatic carbocycles. The van der Waals surface area contributed by atoms with Crippen molar-refractivity contribution in [1.82, 2.24) is 23.7 Å². The van der Waals surface area contributed by atoms with E-state index >= 15 is 0 Å². The van der Waals surface area contributed by atoms with E-state index in [0.29, 0.717) is 37.8 Å². The fourth-order valence-corrected chi connectivity index (χ4v) is 6.94. The molecule has 9 heteroatoms. The third-order valence-electron chi connectivity index (χ3n) is 6.90. The smallest absolute Gasteiger partial charge is 0.262 e. The van der Waals surface area contributed by atoms with Crippen LogP contribution in [-0.2, 0) is 21.9 Å². The van der Waals surface area contributed by atoms with Crippen LogP contribution in [0.3, 0.4) is 0 Å². The van der Waals surface area contributed by atoms with Crippen LogP contribution in [-0.4, -0.2) is 83.3 Å². The zero-order chi connectivity index (χ0) is 20.3. The number of amides is 1. The van der Waals surface area contributed by atoms with Crippen molar-refractivity contribution in [1.29, 1.82) is 0 Å². The Hall–Kier alpha value is -1.45. The van der Waals surface area contributed by atoms with E-state index in [1.165, 1.54) is 10.6 Å². The highest BCUT2D eigenvalue weighted by atomic mass is 32.2. The summed E-state index contributed by atoms with van der Waals surface area (Å²) in [7, 11) is 0.0967. The van der Waals surface area contributed by atoms with Crippen LogP contribution in [0, 0.1) is 17.8 Å². The average Bonchev–Trinajstić information content (AvgIpc) is 3.30. The second-order valence-corrected chi connectivity index (χ2v) is 11.0. The molecule has 156 valence electrons. The molecule has 3 fully saturated rings. The number of rotatable bonds is 4. The summed E-state index contributed by atoms with van der Waals surface area (Å²) in [6.45, 7) is 8.07. The van der Waals surface area contributed by atoms with Gasteiger partial charge in [0.25, 0.3) is 10.0 Å². The highest BCUT2D eigenvalue weighted by molar-refractivity contribution is 7.89. The Morgan fingerprint density at radius 2 is 1.89 bits per heavy atom. The SMILES string of the molecule is CC(C)CN1C[C@@H]2C(=O)N(C)C3(CCN(S(=O)(=O)c4cn(C)cn4)CC3)[C@@H]2C1. The molecule has 0 N–H and O–H groups in total. The number of aryl methyl sites for hydroxylation is 1. The van der Waals surface area contributed by atoms with Crippen LogP contribution in [0.25, 0.3) is 0 Å². The van der Waals surface area contributed by atoms with Gasteiger partial charge < -0.3 is 14.4 Å². The molecule has 4 rings (SSSR count). The van der Waals surface area contributed by atoms with Gasteiger partial charge in [0.2, 0.25) is 5.91 Å². The zero-order valence-corrected chi connectivity index (χ0v) is 18.0. The normalized spacial score (nSPS) is 28.6. The largest absolute Gasteiger partial charge is 0.339 e. The molecule has 28 heavy (non-hydrogen) atoms. The monoisotopic (exact) mass is 409 g/mol. The van der Waals surface area contributed by atoms with Gasteiger partial charge >= 0.3 is 0 Å². The third-order valence-corrected chi connectivity index (χ3v) is 8.68. The van der Waals surface area contributed by atoms with Gasteiger partial charge in [-0.1, -0.05) is 13.8 Å². The Morgan fingerprint density at radius 1 is 1.21 bits per heavy atom. The molecule has 4 heterocycles. The molecule has 1 spiro atoms. The maximum Gasteiger partial charge on any atom is 0.262 e. The lowest BCUT2D eigenvalue weighted by atomic mass is 9.75. The van der Waals surface area contributed by atoms with Gasteiger partial charge in [-0.15, -0.1) is 0 Å². The first-order valence-corrected chi connectivity index (χ1v) is 11.6. The summed E-state index contributed by atoms with van der Waals surface area (Å²) >= 11 is 0. The van der Waals surface area contributed by atoms with Crippen LogP contribution in [0.2, 0.25) is 0 Å². The van der Waals surface area contributed by atoms with E-state index in [4.69, 9.17) is 0 Å². The van der Waals surface area contributed by atoms with Gasteiger partial charge in [-0.05, 0) is 18.8 Å². The molecule has 3 aliphatic rings. The van der Waals surface area contributed by atoms with Crippen LogP contribution in [0.15, 0.2) is 17.6 Å². The minimum absolute atomic E-state index is 0.0581. The molecule has 2 atom stereocenters. The Labute approximate surface area is 167 Å². The Morgan fingerprint density at radius 3 is 2.46 bits per heavy atom. The predicted molar refractivity (Wildman–Crippen MR) is 105 cm³/mol. The van der Waals surface area contributed by atoms with E-state index in [2.05, 4.69) is 23.7 Å². The minimum Gasteiger partial charge on any atom is -0.339 e. The summed E-state index contributed by atoms with van der Waals surface area (Å²) < 4.78 is 29.0. The highest BCUT2D eigenvalue weighted by Gasteiger charge is 2.60. The number of fused-ring (bicyclic) bond motifs is 2. The number of sulfonamides is 1. The standard InChI is InChI=1S/C19H31N5O3S/c1-14(2)9-23-10-15-16(11-23)19(22(4)18(15)25)5-7-24(8-6-19)28(26,27)17-12-21(3)13-20-17/h12-16H,5-11H2,1-4H3/t15-,16+/m0/s1. The maximum atomic E-state index is 12.9. The topological polar surface area (TPSA) is 78.8 Å². The number of aromatic nitrogens is 2. The minimum atomic E-state index is -3.58. The van der Waals surface area contributed by atoms with Gasteiger partial charge in [0.15, 0.2) is 5.03 Å². The molecule has 3 saturated heterocycles. The summed E-state index contributed by atoms with van der Waals surface area (Å²) in [5.74, 6) is 1.16. The fraction of sp³-hybridized carbons (Fsp3) is 0.789. The number of hydrogen-bond acceptors (Lipinski definition) is 5. The maximum absolute atomic E-state index is 12.9. The van der Waals surface area contributed by atoms with Crippen LogP contribution < -0.4 is 0 Å². The zero-order valence-electron chi connectivity index (χ0n) is 17.2. The number of imidazole rings is 1. The van der Waals surface area contributed by atoms with Crippen LogP contribution >= 0.6 is 0 Å². The lowest BCUT2D eigenvalue weighted by Gasteiger charge is -2.46. The molecule has 0 radical (unpaired) electrons. The molecule has 0 bridgehead atoms. The Balaban J connectivity index is 1.52. The van der Waals surface area contributed by atoms with Gasteiger partial charge in [0, 0.05) is 64.5 Å². The van der Waals surface area contributed by atoms with E-state index < -0.39 is 10.0 Å². The number of piperidine rings is 1. The summed E-state index contributed by atoms with van der Waals surface area (Å²) in [6, 6.07) is 0. The number of likely N-dealkylation sites (tertiary alicyclic amines) is 2. The van der Waals surface area contributed by atoms with Crippen molar-refractivity contribution in [3.05, 3.63) is 12.5 Å². The molecule has 0 unspecified atom stereocenters. The van der Waals surface area contributed by atoms with Gasteiger partial charge in [-0.3, -0.25) is 4.79 Å². The molecular weight excluding hydrogens is 378 g/mol. The lowest BCUT2D eigenvalue weighted by Crippen LogP contribution is -2.56. The summed E-state index contributed by atoms with van der Waals surface area (Å²) in [6.07, 6.45) is 4.44. The first-order chi connectivity index (χ1) is 13.1. The second-order valence-electron chi connectivity index (χ2n) is 9.11. The lowest BCUT2D eigenvalue weighted by molar-refractivity contribution is -0.133. The second kappa shape index (κ2) is 6.81. The summed E-state index contributed by atoms with van der Waals surface area (Å²) in [4.78, 5) is 21.3. The predicted octanol–water partition coefficient (Wildman–Crippen LogP) is 0.619. The summed E-state index contributed by atoms with van der Waals surface area (Å²) in [5.41, 5.74) is -0.219. The van der Waals surface area contributed by atoms with Crippen LogP contribution in [0.4, 0.5) is 0 Å². The molecule has 1 amide bonds. The van der Waals surface area contributed by atoms with Crippen molar-refractivity contribution in [3.8, 4) is 0 Å². The molecule has 1 aromatic rings. The van der Waals surface area contributed by atoms with E-state index in [1.807, 2.05) is 11.9 Å². The average molecular weight is 410 g/mol. The van der Waals surface area contributed by atoms with Crippen molar-refractivity contribution in [2.45, 2.75) is 37.3 Å². The van der Waals surface area contributed by atoms with Crippen LogP contribution in [0.1, 0.15) is 26.7 Å². The van der Waals surface area contributed by atoms with Crippen molar-refractivity contribution in [2.24, 2.45) is 24.8 Å². The number of nitrogens with zero attached hydrogens (tertiary/aromatic N) is 5. The number of carbonyl (C=O) groups is 1. The first kappa shape index (κ1) is 19.8. The van der Waals surface area contributed by atoms with E-state index in [9.17, 15) is 13.2 Å². The third kappa shape index (κ3) is 2.98. The Kier molecular flexibility index (Phi) is 4.83. The fourth-order valence-electron chi connectivity index (χ4n) is 5.54. The number of carbonyl (C=O) groups excluding carboxylic acids is 1. The first-order valence-electron chi connectivity index (χ1n) is 10.1. The highest BCUT2D eigenvalue weighted by Crippen LogP contribution is 2.49. The molecule has 0 saturated carbocycles. The van der Waals surface area contributed by atoms with Crippen molar-refractivity contribution in [3.63, 3.8) is 0 Å². The van der Waals surface area contributed by atoms with Gasteiger partial charge in [-0.2, -0.15) is 4.31 Å². The number of hydrogen-bond donors (Lipinski definition) is 0. The molecule has 1 aromatic heterocycles. The quantitative estimate of drug-likeness (QED) is 0.728. The van der Waals surface area contributed by atoms with E-state index in [-0.39, 0.29) is 22.4 Å². The van der Waals surface area contributed by atoms with Gasteiger partial charge in [0.05, 0.1) is 12.2 Å².